The Morgan fingerprint density at radius 3 is 2.58 bits per heavy atom. The molecule has 3 rings (SSSR count). The number of aliphatic hydroxyl groups is 1. The summed E-state index contributed by atoms with van der Waals surface area (Å²) in [5.41, 5.74) is -2.44. The summed E-state index contributed by atoms with van der Waals surface area (Å²) in [6, 6.07) is 6.90. The number of nitrogens with one attached hydrogen (secondary N) is 1. The first kappa shape index (κ1) is 27.9. The van der Waals surface area contributed by atoms with Gasteiger partial charge in [-0.2, -0.15) is 5.09 Å². The maximum absolute atomic E-state index is 15.5. The molecule has 2 N–H and O–H groups in total. The number of amides is 1. The van der Waals surface area contributed by atoms with E-state index in [0.29, 0.717) is 0 Å². The average Bonchev–Trinajstić information content (AvgIpc) is 3.01. The van der Waals surface area contributed by atoms with Gasteiger partial charge < -0.3 is 19.1 Å². The summed E-state index contributed by atoms with van der Waals surface area (Å²) in [6.45, 7) is 5.14. The highest BCUT2D eigenvalue weighted by molar-refractivity contribution is 7.52. The molecule has 13 heteroatoms. The Morgan fingerprint density at radius 1 is 1.31 bits per heavy atom. The van der Waals surface area contributed by atoms with E-state index in [9.17, 15) is 24.1 Å². The number of para-hydroxylation sites is 1. The standard InChI is InChI=1S/C23H30FN2O9P/c1-14(2)33-21(30)15(3)25-36(31,35-17-8-6-5-7-9-17)32-13-18-20(29)23(4,24)22(34-18)26-11-10-16(27)12-19(26)28/h5-11,14-15,18,20,22,29H,12-13H2,1-4H3,(H,25,31)/t15-,18+,20+,22?,23+,36-/m0/s1. The van der Waals surface area contributed by atoms with Crippen LogP contribution in [0.4, 0.5) is 4.39 Å². The molecule has 198 valence electrons. The average molecular weight is 528 g/mol. The van der Waals surface area contributed by atoms with Gasteiger partial charge in [-0.3, -0.25) is 23.8 Å². The van der Waals surface area contributed by atoms with Crippen molar-refractivity contribution in [3.05, 3.63) is 42.6 Å². The third kappa shape index (κ3) is 6.57. The fraction of sp³-hybridized carbons (Fsp3) is 0.522. The summed E-state index contributed by atoms with van der Waals surface area (Å²) in [5, 5.41) is 13.1. The van der Waals surface area contributed by atoms with Crippen molar-refractivity contribution in [2.45, 2.75) is 70.4 Å². The predicted octanol–water partition coefficient (Wildman–Crippen LogP) is 2.25. The quantitative estimate of drug-likeness (QED) is 0.264. The minimum Gasteiger partial charge on any atom is -0.462 e. The van der Waals surface area contributed by atoms with Crippen LogP contribution in [0, 0.1) is 0 Å². The van der Waals surface area contributed by atoms with Crippen LogP contribution in [0.3, 0.4) is 0 Å². The number of esters is 1. The van der Waals surface area contributed by atoms with Crippen molar-refractivity contribution in [1.29, 1.82) is 0 Å². The third-order valence-corrected chi connectivity index (χ3v) is 7.08. The molecule has 0 aromatic heterocycles. The van der Waals surface area contributed by atoms with Gasteiger partial charge in [0, 0.05) is 6.20 Å². The Balaban J connectivity index is 1.76. The Bertz CT molecular complexity index is 1050. The van der Waals surface area contributed by atoms with E-state index in [1.165, 1.54) is 19.1 Å². The number of allylic oxidation sites excluding steroid dienone is 1. The number of benzene rings is 1. The summed E-state index contributed by atoms with van der Waals surface area (Å²) in [7, 11) is -4.29. The lowest BCUT2D eigenvalue weighted by Crippen LogP contribution is -2.51. The number of nitrogens with zero attached hydrogens (tertiary/aromatic N) is 1. The van der Waals surface area contributed by atoms with Crippen LogP contribution in [-0.2, 0) is 32.9 Å². The number of alkyl halides is 1. The number of carbonyl (C=O) groups excluding carboxylic acids is 3. The van der Waals surface area contributed by atoms with E-state index >= 15 is 4.39 Å². The Hall–Kier alpha value is -2.63. The molecule has 0 spiro atoms. The minimum absolute atomic E-state index is 0.160. The molecule has 1 aromatic carbocycles. The van der Waals surface area contributed by atoms with Crippen molar-refractivity contribution in [2.75, 3.05) is 6.61 Å². The molecule has 0 radical (unpaired) electrons. The summed E-state index contributed by atoms with van der Waals surface area (Å²) in [6.07, 6.45) is -3.37. The lowest BCUT2D eigenvalue weighted by Gasteiger charge is -2.32. The number of hydrogen-bond acceptors (Lipinski definition) is 9. The maximum atomic E-state index is 15.5. The SMILES string of the molecule is CC(C)OC(=O)[C@H](C)N[P@](=O)(OC[C@H]1OC(N2C=CC(=O)CC2=O)[C@](C)(F)[C@@H]1O)Oc1ccccc1. The second-order valence-electron chi connectivity index (χ2n) is 8.92. The van der Waals surface area contributed by atoms with Gasteiger partial charge in [-0.15, -0.1) is 0 Å². The van der Waals surface area contributed by atoms with E-state index in [1.54, 1.807) is 32.0 Å². The molecule has 1 unspecified atom stereocenters. The molecule has 1 fully saturated rings. The number of hydrogen-bond donors (Lipinski definition) is 2. The van der Waals surface area contributed by atoms with Gasteiger partial charge in [0.1, 0.15) is 24.0 Å². The molecule has 1 amide bonds. The third-order valence-electron chi connectivity index (χ3n) is 5.44. The van der Waals surface area contributed by atoms with E-state index in [2.05, 4.69) is 5.09 Å². The molecule has 2 aliphatic rings. The first-order valence-electron chi connectivity index (χ1n) is 11.3. The fourth-order valence-corrected chi connectivity index (χ4v) is 5.11. The molecule has 2 heterocycles. The highest BCUT2D eigenvalue weighted by Gasteiger charge is 2.57. The van der Waals surface area contributed by atoms with Gasteiger partial charge in [-0.25, -0.2) is 8.96 Å². The molecule has 6 atom stereocenters. The van der Waals surface area contributed by atoms with Crippen LogP contribution in [0.5, 0.6) is 5.75 Å². The van der Waals surface area contributed by atoms with Gasteiger partial charge in [0.2, 0.25) is 5.91 Å². The molecule has 0 saturated carbocycles. The van der Waals surface area contributed by atoms with Crippen molar-refractivity contribution >= 4 is 25.4 Å². The van der Waals surface area contributed by atoms with E-state index in [0.717, 1.165) is 24.1 Å². The van der Waals surface area contributed by atoms with E-state index in [4.69, 9.17) is 18.5 Å². The van der Waals surface area contributed by atoms with E-state index < -0.39 is 74.7 Å². The lowest BCUT2D eigenvalue weighted by molar-refractivity contribution is -0.150. The summed E-state index contributed by atoms with van der Waals surface area (Å²) in [5.74, 6) is -1.68. The normalized spacial score (nSPS) is 28.8. The van der Waals surface area contributed by atoms with Crippen molar-refractivity contribution < 1.29 is 47.0 Å². The number of ether oxygens (including phenoxy) is 2. The zero-order valence-corrected chi connectivity index (χ0v) is 21.2. The van der Waals surface area contributed by atoms with E-state index in [-0.39, 0.29) is 5.75 Å². The minimum atomic E-state index is -4.29. The topological polar surface area (TPSA) is 141 Å². The van der Waals surface area contributed by atoms with Gasteiger partial charge in [-0.1, -0.05) is 18.2 Å². The number of aliphatic hydroxyl groups excluding tert-OH is 1. The van der Waals surface area contributed by atoms with Crippen molar-refractivity contribution in [1.82, 2.24) is 9.99 Å². The number of carbonyl (C=O) groups is 3. The van der Waals surface area contributed by atoms with Crippen molar-refractivity contribution in [2.24, 2.45) is 0 Å². The largest absolute Gasteiger partial charge is 0.462 e. The number of halogens is 1. The molecular weight excluding hydrogens is 498 g/mol. The molecular formula is C23H30FN2O9P. The first-order chi connectivity index (χ1) is 16.8. The highest BCUT2D eigenvalue weighted by Crippen LogP contribution is 2.46. The monoisotopic (exact) mass is 528 g/mol. The van der Waals surface area contributed by atoms with Crippen LogP contribution in [0.2, 0.25) is 0 Å². The van der Waals surface area contributed by atoms with Crippen LogP contribution in [0.25, 0.3) is 0 Å². The van der Waals surface area contributed by atoms with Crippen LogP contribution in [-0.4, -0.2) is 70.5 Å². The first-order valence-corrected chi connectivity index (χ1v) is 12.9. The van der Waals surface area contributed by atoms with Crippen LogP contribution in [0.1, 0.15) is 34.1 Å². The summed E-state index contributed by atoms with van der Waals surface area (Å²) < 4.78 is 50.7. The molecule has 1 saturated heterocycles. The second-order valence-corrected chi connectivity index (χ2v) is 10.6. The zero-order valence-electron chi connectivity index (χ0n) is 20.3. The number of ketones is 1. The summed E-state index contributed by atoms with van der Waals surface area (Å²) >= 11 is 0. The van der Waals surface area contributed by atoms with Crippen LogP contribution >= 0.6 is 7.75 Å². The maximum Gasteiger partial charge on any atom is 0.459 e. The van der Waals surface area contributed by atoms with Gasteiger partial charge >= 0.3 is 13.7 Å². The molecule has 0 aliphatic carbocycles. The van der Waals surface area contributed by atoms with Crippen molar-refractivity contribution in [3.63, 3.8) is 0 Å². The summed E-state index contributed by atoms with van der Waals surface area (Å²) in [4.78, 5) is 36.9. The lowest BCUT2D eigenvalue weighted by atomic mass is 9.97. The zero-order chi connectivity index (χ0) is 26.7. The molecule has 1 aromatic rings. The highest BCUT2D eigenvalue weighted by atomic mass is 31.2. The van der Waals surface area contributed by atoms with Gasteiger partial charge in [-0.05, 0) is 45.9 Å². The Morgan fingerprint density at radius 2 is 1.97 bits per heavy atom. The predicted molar refractivity (Wildman–Crippen MR) is 124 cm³/mol. The molecule has 36 heavy (non-hydrogen) atoms. The van der Waals surface area contributed by atoms with E-state index in [1.807, 2.05) is 0 Å². The number of rotatable bonds is 10. The van der Waals surface area contributed by atoms with Gasteiger partial charge in [0.15, 0.2) is 17.7 Å². The molecule has 0 bridgehead atoms. The molecule has 11 nitrogen and oxygen atoms in total. The Kier molecular flexibility index (Phi) is 8.68. The van der Waals surface area contributed by atoms with Gasteiger partial charge in [0.05, 0.1) is 19.1 Å². The molecule has 2 aliphatic heterocycles. The van der Waals surface area contributed by atoms with Crippen LogP contribution in [0.15, 0.2) is 42.6 Å². The Labute approximate surface area is 208 Å². The fourth-order valence-electron chi connectivity index (χ4n) is 3.61. The van der Waals surface area contributed by atoms with Crippen LogP contribution < -0.4 is 9.61 Å². The second kappa shape index (κ2) is 11.2. The van der Waals surface area contributed by atoms with Crippen molar-refractivity contribution in [3.8, 4) is 5.75 Å². The smallest absolute Gasteiger partial charge is 0.459 e. The van der Waals surface area contributed by atoms with Gasteiger partial charge in [0.25, 0.3) is 0 Å².